The van der Waals surface area contributed by atoms with Crippen LogP contribution in [-0.4, -0.2) is 24.0 Å². The smallest absolute Gasteiger partial charge is 0.0169 e. The van der Waals surface area contributed by atoms with Gasteiger partial charge >= 0.3 is 0 Å². The van der Waals surface area contributed by atoms with E-state index in [9.17, 15) is 0 Å². The zero-order valence-corrected chi connectivity index (χ0v) is 14.9. The molecule has 0 saturated carbocycles. The second-order valence-electron chi connectivity index (χ2n) is 9.07. The summed E-state index contributed by atoms with van der Waals surface area (Å²) in [6.45, 7) is 19.5. The molecule has 114 valence electrons. The average molecular weight is 268 g/mol. The van der Waals surface area contributed by atoms with Crippen LogP contribution >= 0.6 is 0 Å². The molecule has 3 unspecified atom stereocenters. The normalized spacial score (nSPS) is 36.6. The Balaban J connectivity index is 3.11. The molecule has 0 aliphatic carbocycles. The van der Waals surface area contributed by atoms with Gasteiger partial charge in [-0.25, -0.2) is 0 Å². The molecule has 0 aromatic rings. The van der Waals surface area contributed by atoms with Gasteiger partial charge in [0.05, 0.1) is 0 Å². The van der Waals surface area contributed by atoms with Gasteiger partial charge in [-0.3, -0.25) is 4.90 Å². The van der Waals surface area contributed by atoms with Gasteiger partial charge < -0.3 is 0 Å². The van der Waals surface area contributed by atoms with E-state index in [1.54, 1.807) is 0 Å². The van der Waals surface area contributed by atoms with Gasteiger partial charge in [0, 0.05) is 12.1 Å². The highest BCUT2D eigenvalue weighted by molar-refractivity contribution is 4.93. The number of nitrogens with zero attached hydrogens (tertiary/aromatic N) is 1. The first kappa shape index (κ1) is 17.0. The van der Waals surface area contributed by atoms with Gasteiger partial charge in [0.25, 0.3) is 0 Å². The predicted molar refractivity (Wildman–Crippen MR) is 86.4 cm³/mol. The molecular weight excluding hydrogens is 230 g/mol. The van der Waals surface area contributed by atoms with Crippen LogP contribution in [0.25, 0.3) is 0 Å². The lowest BCUT2D eigenvalue weighted by atomic mass is 9.70. The Hall–Kier alpha value is -0.0400. The maximum Gasteiger partial charge on any atom is 0.0169 e. The summed E-state index contributed by atoms with van der Waals surface area (Å²) in [4.78, 5) is 2.67. The lowest BCUT2D eigenvalue weighted by molar-refractivity contribution is 0.0328. The summed E-state index contributed by atoms with van der Waals surface area (Å²) in [6.07, 6.45) is 4.02. The monoisotopic (exact) mass is 267 g/mol. The minimum atomic E-state index is 0.400. The van der Waals surface area contributed by atoms with Gasteiger partial charge in [0.1, 0.15) is 0 Å². The fourth-order valence-electron chi connectivity index (χ4n) is 5.26. The Kier molecular flexibility index (Phi) is 5.15. The summed E-state index contributed by atoms with van der Waals surface area (Å²) in [5, 5.41) is 0. The SMILES string of the molecule is CC1CC(C)(C)CC(C)N(C)C(C(C)C)C(C)(C)C1. The largest absolute Gasteiger partial charge is 0.300 e. The lowest BCUT2D eigenvalue weighted by Gasteiger charge is -2.46. The second-order valence-corrected chi connectivity index (χ2v) is 9.07. The van der Waals surface area contributed by atoms with Crippen LogP contribution < -0.4 is 0 Å². The number of hydrogen-bond acceptors (Lipinski definition) is 1. The highest BCUT2D eigenvalue weighted by atomic mass is 15.2. The Morgan fingerprint density at radius 1 is 0.947 bits per heavy atom. The molecule has 1 fully saturated rings. The molecule has 0 bridgehead atoms. The van der Waals surface area contributed by atoms with Gasteiger partial charge in [0.2, 0.25) is 0 Å². The third kappa shape index (κ3) is 4.21. The van der Waals surface area contributed by atoms with Crippen molar-refractivity contribution in [3.05, 3.63) is 0 Å². The molecule has 0 N–H and O–H groups in total. The summed E-state index contributed by atoms with van der Waals surface area (Å²) >= 11 is 0. The molecule has 1 heterocycles. The van der Waals surface area contributed by atoms with E-state index in [2.05, 4.69) is 67.3 Å². The molecule has 19 heavy (non-hydrogen) atoms. The van der Waals surface area contributed by atoms with Crippen molar-refractivity contribution in [1.82, 2.24) is 4.90 Å². The molecule has 1 nitrogen and oxygen atoms in total. The molecule has 0 radical (unpaired) electrons. The fraction of sp³-hybridized carbons (Fsp3) is 1.00. The molecule has 1 rings (SSSR count). The zero-order valence-electron chi connectivity index (χ0n) is 14.9. The van der Waals surface area contributed by atoms with Crippen LogP contribution in [0.4, 0.5) is 0 Å². The summed E-state index contributed by atoms with van der Waals surface area (Å²) in [5.74, 6) is 1.54. The highest BCUT2D eigenvalue weighted by Gasteiger charge is 2.40. The van der Waals surface area contributed by atoms with E-state index < -0.39 is 0 Å². The van der Waals surface area contributed by atoms with Crippen LogP contribution in [0.1, 0.15) is 74.7 Å². The van der Waals surface area contributed by atoms with Crippen LogP contribution in [0.3, 0.4) is 0 Å². The van der Waals surface area contributed by atoms with Crippen LogP contribution in [0.15, 0.2) is 0 Å². The predicted octanol–water partition coefficient (Wildman–Crippen LogP) is 5.20. The van der Waals surface area contributed by atoms with E-state index in [1.807, 2.05) is 0 Å². The van der Waals surface area contributed by atoms with Crippen molar-refractivity contribution in [2.75, 3.05) is 7.05 Å². The summed E-state index contributed by atoms with van der Waals surface area (Å²) in [5.41, 5.74) is 0.867. The highest BCUT2D eigenvalue weighted by Crippen LogP contribution is 2.43. The topological polar surface area (TPSA) is 3.24 Å². The van der Waals surface area contributed by atoms with Gasteiger partial charge in [-0.15, -0.1) is 0 Å². The second kappa shape index (κ2) is 5.76. The van der Waals surface area contributed by atoms with Crippen molar-refractivity contribution in [2.24, 2.45) is 22.7 Å². The first-order chi connectivity index (χ1) is 8.46. The van der Waals surface area contributed by atoms with Crippen LogP contribution in [0.5, 0.6) is 0 Å². The van der Waals surface area contributed by atoms with Crippen LogP contribution in [0, 0.1) is 22.7 Å². The summed E-state index contributed by atoms with van der Waals surface area (Å²) in [7, 11) is 2.35. The van der Waals surface area contributed by atoms with E-state index in [0.29, 0.717) is 22.9 Å². The molecule has 1 saturated heterocycles. The van der Waals surface area contributed by atoms with Gasteiger partial charge in [-0.2, -0.15) is 0 Å². The van der Waals surface area contributed by atoms with E-state index in [0.717, 1.165) is 11.8 Å². The minimum Gasteiger partial charge on any atom is -0.300 e. The molecule has 3 atom stereocenters. The van der Waals surface area contributed by atoms with Crippen molar-refractivity contribution >= 4 is 0 Å². The first-order valence-corrected chi connectivity index (χ1v) is 8.18. The Morgan fingerprint density at radius 2 is 1.47 bits per heavy atom. The molecule has 1 aliphatic rings. The number of rotatable bonds is 1. The lowest BCUT2D eigenvalue weighted by Crippen LogP contribution is -2.50. The molecule has 0 aromatic heterocycles. The molecular formula is C18H37N. The third-order valence-corrected chi connectivity index (χ3v) is 5.19. The van der Waals surface area contributed by atoms with Crippen molar-refractivity contribution in [2.45, 2.75) is 86.7 Å². The van der Waals surface area contributed by atoms with E-state index >= 15 is 0 Å². The quantitative estimate of drug-likeness (QED) is 0.631. The molecule has 0 aromatic carbocycles. The Bertz CT molecular complexity index is 290. The van der Waals surface area contributed by atoms with Gasteiger partial charge in [-0.1, -0.05) is 48.5 Å². The van der Waals surface area contributed by atoms with E-state index in [1.165, 1.54) is 19.3 Å². The van der Waals surface area contributed by atoms with Crippen LogP contribution in [0.2, 0.25) is 0 Å². The van der Waals surface area contributed by atoms with Gasteiger partial charge in [0.15, 0.2) is 0 Å². The Labute approximate surface area is 122 Å². The van der Waals surface area contributed by atoms with E-state index in [4.69, 9.17) is 0 Å². The Morgan fingerprint density at radius 3 is 1.95 bits per heavy atom. The van der Waals surface area contributed by atoms with Crippen molar-refractivity contribution in [3.63, 3.8) is 0 Å². The minimum absolute atomic E-state index is 0.400. The average Bonchev–Trinajstić information content (AvgIpc) is 2.12. The maximum absolute atomic E-state index is 2.67. The van der Waals surface area contributed by atoms with Crippen molar-refractivity contribution < 1.29 is 0 Å². The van der Waals surface area contributed by atoms with Crippen LogP contribution in [-0.2, 0) is 0 Å². The van der Waals surface area contributed by atoms with Gasteiger partial charge in [-0.05, 0) is 55.9 Å². The first-order valence-electron chi connectivity index (χ1n) is 8.18. The summed E-state index contributed by atoms with van der Waals surface area (Å²) < 4.78 is 0. The van der Waals surface area contributed by atoms with Crippen molar-refractivity contribution in [3.8, 4) is 0 Å². The molecule has 1 heteroatoms. The molecule has 0 spiro atoms. The fourth-order valence-corrected chi connectivity index (χ4v) is 5.26. The zero-order chi connectivity index (χ0) is 15.0. The number of hydrogen-bond donors (Lipinski definition) is 0. The standard InChI is InChI=1S/C18H37N/c1-13(2)16-18(7,8)11-14(3)10-17(5,6)12-15(4)19(16)9/h13-16H,10-12H2,1-9H3. The third-order valence-electron chi connectivity index (χ3n) is 5.19. The maximum atomic E-state index is 2.67. The summed E-state index contributed by atoms with van der Waals surface area (Å²) in [6, 6.07) is 1.35. The molecule has 0 amide bonds. The molecule has 1 aliphatic heterocycles. The van der Waals surface area contributed by atoms with E-state index in [-0.39, 0.29) is 0 Å². The van der Waals surface area contributed by atoms with Crippen molar-refractivity contribution in [1.29, 1.82) is 0 Å².